The van der Waals surface area contributed by atoms with Crippen molar-refractivity contribution >= 4 is 22.0 Å². The molecule has 0 spiro atoms. The summed E-state index contributed by atoms with van der Waals surface area (Å²) >= 11 is 0. The molecule has 0 aliphatic heterocycles. The van der Waals surface area contributed by atoms with Crippen LogP contribution in [0.4, 0.5) is 0 Å². The van der Waals surface area contributed by atoms with Gasteiger partial charge in [0.05, 0.1) is 17.2 Å². The average Bonchev–Trinajstić information content (AvgIpc) is 2.63. The largest absolute Gasteiger partial charge is 0.417 e. The molecule has 0 saturated carbocycles. The molecule has 3 rings (SSSR count). The van der Waals surface area contributed by atoms with Gasteiger partial charge < -0.3 is 4.42 Å². The number of nitrogens with one attached hydrogen (secondary N) is 2. The molecule has 1 aromatic carbocycles. The molecule has 2 N–H and O–H groups in total. The second-order valence-electron chi connectivity index (χ2n) is 2.82. The highest BCUT2D eigenvalue weighted by molar-refractivity contribution is 5.91. The summed E-state index contributed by atoms with van der Waals surface area (Å²) in [5.74, 6) is -0.435. The fourth-order valence-electron chi connectivity index (χ4n) is 1.39. The smallest absolute Gasteiger partial charge is 0.408 e. The minimum Gasteiger partial charge on any atom is -0.408 e. The summed E-state index contributed by atoms with van der Waals surface area (Å²) in [5.41, 5.74) is 2.12. The van der Waals surface area contributed by atoms with Crippen molar-refractivity contribution in [3.63, 3.8) is 0 Å². The van der Waals surface area contributed by atoms with Crippen molar-refractivity contribution in [2.75, 3.05) is 0 Å². The van der Waals surface area contributed by atoms with Crippen LogP contribution >= 0.6 is 0 Å². The third-order valence-corrected chi connectivity index (χ3v) is 1.98. The van der Waals surface area contributed by atoms with Crippen LogP contribution in [0.3, 0.4) is 0 Å². The van der Waals surface area contributed by atoms with Crippen molar-refractivity contribution in [3.8, 4) is 0 Å². The summed E-state index contributed by atoms with van der Waals surface area (Å²) in [7, 11) is 0. The van der Waals surface area contributed by atoms with E-state index >= 15 is 0 Å². The number of hydrogen-bond acceptors (Lipinski definition) is 3. The molecule has 5 nitrogen and oxygen atoms in total. The van der Waals surface area contributed by atoms with E-state index in [0.29, 0.717) is 11.1 Å². The first-order valence-corrected chi connectivity index (χ1v) is 3.79. The Balaban J connectivity index is 2.62. The number of benzene rings is 1. The van der Waals surface area contributed by atoms with E-state index in [4.69, 9.17) is 4.42 Å². The van der Waals surface area contributed by atoms with Gasteiger partial charge in [0.2, 0.25) is 0 Å². The number of nitrogens with zero attached hydrogens (tertiary/aromatic N) is 1. The molecule has 0 amide bonds. The summed E-state index contributed by atoms with van der Waals surface area (Å²) in [6.45, 7) is 0. The molecule has 0 bridgehead atoms. The van der Waals surface area contributed by atoms with Crippen LogP contribution in [-0.2, 0) is 0 Å². The van der Waals surface area contributed by atoms with Crippen LogP contribution in [0, 0.1) is 0 Å². The monoisotopic (exact) mass is 175 g/mol. The van der Waals surface area contributed by atoms with Crippen LogP contribution in [0.15, 0.2) is 27.5 Å². The Hall–Kier alpha value is -2.04. The van der Waals surface area contributed by atoms with Gasteiger partial charge in [-0.1, -0.05) is 0 Å². The normalized spacial score (nSPS) is 11.4. The van der Waals surface area contributed by atoms with Crippen molar-refractivity contribution in [3.05, 3.63) is 28.9 Å². The van der Waals surface area contributed by atoms with Crippen molar-refractivity contribution in [2.24, 2.45) is 0 Å². The number of hydrogen-bond donors (Lipinski definition) is 2. The van der Waals surface area contributed by atoms with E-state index < -0.39 is 5.76 Å². The lowest BCUT2D eigenvalue weighted by molar-refractivity contribution is 0.555. The second-order valence-corrected chi connectivity index (χ2v) is 2.82. The van der Waals surface area contributed by atoms with Crippen LogP contribution < -0.4 is 5.76 Å². The maximum atomic E-state index is 10.8. The molecule has 0 saturated heterocycles. The van der Waals surface area contributed by atoms with E-state index in [9.17, 15) is 4.79 Å². The molecule has 64 valence electrons. The fourth-order valence-corrected chi connectivity index (χ4v) is 1.39. The zero-order valence-corrected chi connectivity index (χ0v) is 6.50. The Morgan fingerprint density at radius 1 is 1.31 bits per heavy atom. The molecule has 0 fully saturated rings. The first-order valence-electron chi connectivity index (χ1n) is 3.79. The maximum absolute atomic E-state index is 10.8. The summed E-state index contributed by atoms with van der Waals surface area (Å²) in [4.78, 5) is 13.4. The Kier molecular flexibility index (Phi) is 0.999. The summed E-state index contributed by atoms with van der Waals surface area (Å²) < 4.78 is 4.89. The predicted molar refractivity (Wildman–Crippen MR) is 46.5 cm³/mol. The molecular formula is C8H5N3O2. The Bertz CT molecular complexity index is 580. The van der Waals surface area contributed by atoms with Gasteiger partial charge in [0.25, 0.3) is 0 Å². The topological polar surface area (TPSA) is 74.7 Å². The molecule has 3 aromatic rings. The van der Waals surface area contributed by atoms with Gasteiger partial charge in [-0.3, -0.25) is 10.1 Å². The average molecular weight is 175 g/mol. The van der Waals surface area contributed by atoms with Crippen LogP contribution in [0.5, 0.6) is 0 Å². The van der Waals surface area contributed by atoms with E-state index in [2.05, 4.69) is 15.2 Å². The molecule has 0 atom stereocenters. The lowest BCUT2D eigenvalue weighted by Gasteiger charge is -1.86. The molecule has 0 unspecified atom stereocenters. The highest BCUT2D eigenvalue weighted by Gasteiger charge is 2.03. The van der Waals surface area contributed by atoms with Crippen molar-refractivity contribution in [1.29, 1.82) is 0 Å². The lowest BCUT2D eigenvalue weighted by atomic mass is 10.2. The van der Waals surface area contributed by atoms with Crippen LogP contribution in [0.1, 0.15) is 0 Å². The molecule has 5 heteroatoms. The summed E-state index contributed by atoms with van der Waals surface area (Å²) in [6, 6.07) is 3.56. The minimum absolute atomic E-state index is 0.435. The summed E-state index contributed by atoms with van der Waals surface area (Å²) in [6.07, 6.45) is 1.68. The van der Waals surface area contributed by atoms with Crippen molar-refractivity contribution in [2.45, 2.75) is 0 Å². The van der Waals surface area contributed by atoms with Gasteiger partial charge >= 0.3 is 5.76 Å². The summed E-state index contributed by atoms with van der Waals surface area (Å²) in [5, 5.41) is 7.60. The second kappa shape index (κ2) is 2.01. The fraction of sp³-hybridized carbons (Fsp3) is 0. The van der Waals surface area contributed by atoms with E-state index in [1.807, 2.05) is 0 Å². The number of oxazole rings is 1. The maximum Gasteiger partial charge on any atom is 0.417 e. The quantitative estimate of drug-likeness (QED) is 0.535. The van der Waals surface area contributed by atoms with Gasteiger partial charge in [-0.15, -0.1) is 0 Å². The Labute approximate surface area is 71.4 Å². The third kappa shape index (κ3) is 0.807. The molecule has 0 aliphatic rings. The molecule has 2 heterocycles. The molecule has 0 aliphatic carbocycles. The highest BCUT2D eigenvalue weighted by atomic mass is 16.4. The van der Waals surface area contributed by atoms with Gasteiger partial charge in [0.1, 0.15) is 0 Å². The van der Waals surface area contributed by atoms with Crippen LogP contribution in [-0.4, -0.2) is 15.2 Å². The molecule has 0 radical (unpaired) electrons. The minimum atomic E-state index is -0.435. The van der Waals surface area contributed by atoms with E-state index in [-0.39, 0.29) is 0 Å². The molecular weight excluding hydrogens is 170 g/mol. The predicted octanol–water partition coefficient (Wildman–Crippen LogP) is 0.997. The molecule has 13 heavy (non-hydrogen) atoms. The number of aromatic nitrogens is 3. The zero-order chi connectivity index (χ0) is 8.84. The lowest BCUT2D eigenvalue weighted by Crippen LogP contribution is -1.92. The van der Waals surface area contributed by atoms with Gasteiger partial charge in [-0.2, -0.15) is 5.10 Å². The Morgan fingerprint density at radius 2 is 2.23 bits per heavy atom. The Morgan fingerprint density at radius 3 is 3.15 bits per heavy atom. The van der Waals surface area contributed by atoms with E-state index in [1.54, 1.807) is 18.3 Å². The third-order valence-electron chi connectivity index (χ3n) is 1.98. The zero-order valence-electron chi connectivity index (χ0n) is 6.50. The van der Waals surface area contributed by atoms with Gasteiger partial charge in [0.15, 0.2) is 5.58 Å². The van der Waals surface area contributed by atoms with Gasteiger partial charge in [-0.25, -0.2) is 4.79 Å². The first-order chi connectivity index (χ1) is 6.33. The van der Waals surface area contributed by atoms with E-state index in [1.165, 1.54) is 0 Å². The van der Waals surface area contributed by atoms with Crippen molar-refractivity contribution < 1.29 is 4.42 Å². The standard InChI is InChI=1S/C8H5N3O2/c12-8-10-6-2-5-4(3-9-11-5)1-7(6)13-8/h1-3H,(H,9,11)(H,10,12). The van der Waals surface area contributed by atoms with Gasteiger partial charge in [0, 0.05) is 5.39 Å². The van der Waals surface area contributed by atoms with Crippen molar-refractivity contribution in [1.82, 2.24) is 15.2 Å². The number of rotatable bonds is 0. The number of fused-ring (bicyclic) bond motifs is 2. The van der Waals surface area contributed by atoms with Crippen LogP contribution in [0.2, 0.25) is 0 Å². The number of aromatic amines is 2. The van der Waals surface area contributed by atoms with Crippen LogP contribution in [0.25, 0.3) is 22.0 Å². The molecule has 2 aromatic heterocycles. The van der Waals surface area contributed by atoms with Gasteiger partial charge in [-0.05, 0) is 12.1 Å². The van der Waals surface area contributed by atoms with E-state index in [0.717, 1.165) is 10.9 Å². The highest BCUT2D eigenvalue weighted by Crippen LogP contribution is 2.17. The number of H-pyrrole nitrogens is 2. The SMILES string of the molecule is O=c1[nH]c2cc3[nH]ncc3cc2o1. The first kappa shape index (κ1) is 6.47.